The maximum absolute atomic E-state index is 14.0. The van der Waals surface area contributed by atoms with E-state index >= 15 is 0 Å². The third-order valence-corrected chi connectivity index (χ3v) is 7.07. The molecule has 2 amide bonds. The monoisotopic (exact) mass is 433 g/mol. The largest absolute Gasteiger partial charge is 0.329 e. The van der Waals surface area contributed by atoms with Gasteiger partial charge in [0.15, 0.2) is 0 Å². The molecule has 6 heteroatoms. The van der Waals surface area contributed by atoms with E-state index in [0.29, 0.717) is 37.4 Å². The first kappa shape index (κ1) is 20.9. The maximum Gasteiger partial charge on any atom is 0.255 e. The Labute approximate surface area is 187 Å². The summed E-state index contributed by atoms with van der Waals surface area (Å²) in [7, 11) is 0. The minimum atomic E-state index is -0.425. The molecular weight excluding hydrogens is 405 g/mol. The molecule has 0 saturated carbocycles. The molecule has 2 fully saturated rings. The zero-order chi connectivity index (χ0) is 22.2. The summed E-state index contributed by atoms with van der Waals surface area (Å²) in [6.07, 6.45) is 3.35. The summed E-state index contributed by atoms with van der Waals surface area (Å²) in [6, 6.07) is 12.7. The van der Waals surface area contributed by atoms with Gasteiger partial charge in [-0.1, -0.05) is 36.9 Å². The third kappa shape index (κ3) is 3.95. The van der Waals surface area contributed by atoms with Crippen molar-refractivity contribution in [2.24, 2.45) is 0 Å². The fraction of sp³-hybridized carbons (Fsp3) is 0.385. The van der Waals surface area contributed by atoms with Crippen LogP contribution in [0.5, 0.6) is 0 Å². The van der Waals surface area contributed by atoms with E-state index in [1.165, 1.54) is 11.6 Å². The van der Waals surface area contributed by atoms with Gasteiger partial charge < -0.3 is 10.2 Å². The minimum Gasteiger partial charge on any atom is -0.329 e. The number of benzene rings is 2. The highest BCUT2D eigenvalue weighted by Crippen LogP contribution is 2.34. The van der Waals surface area contributed by atoms with Crippen LogP contribution in [-0.4, -0.2) is 40.7 Å². The van der Waals surface area contributed by atoms with Gasteiger partial charge in [0.2, 0.25) is 5.91 Å². The smallest absolute Gasteiger partial charge is 0.255 e. The van der Waals surface area contributed by atoms with Crippen LogP contribution in [-0.2, 0) is 17.9 Å². The Morgan fingerprint density at radius 2 is 1.84 bits per heavy atom. The van der Waals surface area contributed by atoms with Gasteiger partial charge in [0.1, 0.15) is 11.9 Å². The molecule has 3 heterocycles. The molecule has 2 aromatic rings. The number of allylic oxidation sites excluding steroid dienone is 1. The lowest BCUT2D eigenvalue weighted by atomic mass is 9.87. The number of fused-ring (bicyclic) bond motifs is 1. The van der Waals surface area contributed by atoms with E-state index in [-0.39, 0.29) is 17.6 Å². The highest BCUT2D eigenvalue weighted by atomic mass is 19.1. The molecular formula is C26H28FN3O2. The highest BCUT2D eigenvalue weighted by Gasteiger charge is 2.38. The van der Waals surface area contributed by atoms with Crippen molar-refractivity contribution in [2.75, 3.05) is 13.1 Å². The lowest BCUT2D eigenvalue weighted by Crippen LogP contribution is -2.49. The summed E-state index contributed by atoms with van der Waals surface area (Å²) in [6.45, 7) is 6.80. The van der Waals surface area contributed by atoms with Crippen molar-refractivity contribution in [2.45, 2.75) is 50.7 Å². The number of nitrogens with one attached hydrogen (secondary N) is 1. The maximum atomic E-state index is 14.0. The molecule has 166 valence electrons. The van der Waals surface area contributed by atoms with Crippen LogP contribution in [0.4, 0.5) is 4.39 Å². The molecule has 1 atom stereocenters. The van der Waals surface area contributed by atoms with Gasteiger partial charge in [-0.2, -0.15) is 0 Å². The molecule has 0 radical (unpaired) electrons. The van der Waals surface area contributed by atoms with E-state index in [1.807, 2.05) is 18.2 Å². The number of piperidine rings is 2. The van der Waals surface area contributed by atoms with Crippen LogP contribution in [0.1, 0.15) is 58.6 Å². The van der Waals surface area contributed by atoms with Crippen LogP contribution in [0.2, 0.25) is 0 Å². The fourth-order valence-corrected chi connectivity index (χ4v) is 5.22. The van der Waals surface area contributed by atoms with Crippen LogP contribution >= 0.6 is 0 Å². The number of carbonyl (C=O) groups is 2. The summed E-state index contributed by atoms with van der Waals surface area (Å²) in [4.78, 5) is 29.3. The SMILES string of the molecule is C=C1CCC(N2Cc3cc(C4CCN(Cc5ccccc5F)CC4)ccc3C2=O)C(=O)N1. The van der Waals surface area contributed by atoms with Crippen molar-refractivity contribution in [3.05, 3.63) is 82.8 Å². The molecule has 3 aliphatic heterocycles. The van der Waals surface area contributed by atoms with Crippen molar-refractivity contribution in [3.63, 3.8) is 0 Å². The summed E-state index contributed by atoms with van der Waals surface area (Å²) in [5.41, 5.74) is 4.45. The number of amides is 2. The normalized spacial score (nSPS) is 22.2. The molecule has 0 aromatic heterocycles. The Bertz CT molecular complexity index is 1070. The average Bonchev–Trinajstić information content (AvgIpc) is 3.11. The first-order valence-corrected chi connectivity index (χ1v) is 11.4. The van der Waals surface area contributed by atoms with Gasteiger partial charge in [-0.15, -0.1) is 0 Å². The van der Waals surface area contributed by atoms with E-state index in [2.05, 4.69) is 28.9 Å². The Morgan fingerprint density at radius 1 is 1.06 bits per heavy atom. The standard InChI is InChI=1S/C26H28FN3O2/c1-17-6-9-24(25(31)28-17)30-16-21-14-19(7-8-22(21)26(30)32)18-10-12-29(13-11-18)15-20-4-2-3-5-23(20)27/h2-5,7-8,14,18,24H,1,6,9-13,15-16H2,(H,28,31). The lowest BCUT2D eigenvalue weighted by molar-refractivity contribution is -0.126. The van der Waals surface area contributed by atoms with E-state index < -0.39 is 6.04 Å². The van der Waals surface area contributed by atoms with Gasteiger partial charge >= 0.3 is 0 Å². The zero-order valence-corrected chi connectivity index (χ0v) is 18.1. The summed E-state index contributed by atoms with van der Waals surface area (Å²) >= 11 is 0. The van der Waals surface area contributed by atoms with Crippen molar-refractivity contribution >= 4 is 11.8 Å². The van der Waals surface area contributed by atoms with Gasteiger partial charge in [0, 0.05) is 29.9 Å². The molecule has 3 aliphatic rings. The topological polar surface area (TPSA) is 52.7 Å². The number of hydrogen-bond acceptors (Lipinski definition) is 3. The fourth-order valence-electron chi connectivity index (χ4n) is 5.22. The van der Waals surface area contributed by atoms with Crippen molar-refractivity contribution in [3.8, 4) is 0 Å². The number of rotatable bonds is 4. The van der Waals surface area contributed by atoms with E-state index in [9.17, 15) is 14.0 Å². The van der Waals surface area contributed by atoms with Crippen LogP contribution < -0.4 is 5.32 Å². The van der Waals surface area contributed by atoms with Crippen LogP contribution in [0.25, 0.3) is 0 Å². The highest BCUT2D eigenvalue weighted by molar-refractivity contribution is 6.01. The van der Waals surface area contributed by atoms with E-state index in [4.69, 9.17) is 0 Å². The second-order valence-corrected chi connectivity index (χ2v) is 9.14. The van der Waals surface area contributed by atoms with E-state index in [0.717, 1.165) is 42.8 Å². The number of nitrogens with zero attached hydrogens (tertiary/aromatic N) is 2. The number of carbonyl (C=O) groups excluding carboxylic acids is 2. The van der Waals surface area contributed by atoms with Gasteiger partial charge in [0.25, 0.3) is 5.91 Å². The average molecular weight is 434 g/mol. The van der Waals surface area contributed by atoms with E-state index in [1.54, 1.807) is 11.0 Å². The third-order valence-electron chi connectivity index (χ3n) is 7.07. The molecule has 0 spiro atoms. The lowest BCUT2D eigenvalue weighted by Gasteiger charge is -2.32. The molecule has 0 bridgehead atoms. The van der Waals surface area contributed by atoms with Crippen molar-refractivity contribution < 1.29 is 14.0 Å². The van der Waals surface area contributed by atoms with Gasteiger partial charge in [-0.3, -0.25) is 14.5 Å². The second kappa shape index (κ2) is 8.51. The minimum absolute atomic E-state index is 0.0566. The Morgan fingerprint density at radius 3 is 2.59 bits per heavy atom. The van der Waals surface area contributed by atoms with Crippen LogP contribution in [0.3, 0.4) is 0 Å². The Balaban J connectivity index is 1.23. The molecule has 1 unspecified atom stereocenters. The molecule has 5 rings (SSSR count). The molecule has 0 aliphatic carbocycles. The van der Waals surface area contributed by atoms with Crippen molar-refractivity contribution in [1.82, 2.24) is 15.1 Å². The van der Waals surface area contributed by atoms with Gasteiger partial charge in [0.05, 0.1) is 0 Å². The molecule has 2 aromatic carbocycles. The summed E-state index contributed by atoms with van der Waals surface area (Å²) in [5, 5.41) is 2.79. The number of likely N-dealkylation sites (tertiary alicyclic amines) is 1. The first-order chi connectivity index (χ1) is 15.5. The van der Waals surface area contributed by atoms with Crippen LogP contribution in [0, 0.1) is 5.82 Å². The molecule has 1 N–H and O–H groups in total. The van der Waals surface area contributed by atoms with Crippen molar-refractivity contribution in [1.29, 1.82) is 0 Å². The van der Waals surface area contributed by atoms with Gasteiger partial charge in [-0.25, -0.2) is 4.39 Å². The predicted octanol–water partition coefficient (Wildman–Crippen LogP) is 3.95. The summed E-state index contributed by atoms with van der Waals surface area (Å²) < 4.78 is 14.0. The Hall–Kier alpha value is -2.99. The predicted molar refractivity (Wildman–Crippen MR) is 120 cm³/mol. The quantitative estimate of drug-likeness (QED) is 0.794. The molecule has 32 heavy (non-hydrogen) atoms. The molecule has 5 nitrogen and oxygen atoms in total. The first-order valence-electron chi connectivity index (χ1n) is 11.4. The Kier molecular flexibility index (Phi) is 5.55. The van der Waals surface area contributed by atoms with Crippen LogP contribution in [0.15, 0.2) is 54.7 Å². The second-order valence-electron chi connectivity index (χ2n) is 9.14. The zero-order valence-electron chi connectivity index (χ0n) is 18.1. The van der Waals surface area contributed by atoms with Gasteiger partial charge in [-0.05, 0) is 68.0 Å². The summed E-state index contributed by atoms with van der Waals surface area (Å²) in [5.74, 6) is 0.102. The molecule has 2 saturated heterocycles. The number of hydrogen-bond donors (Lipinski definition) is 1. The number of halogens is 1.